The Bertz CT molecular complexity index is 806. The van der Waals surface area contributed by atoms with Crippen molar-refractivity contribution in [2.75, 3.05) is 26.4 Å². The highest BCUT2D eigenvalue weighted by molar-refractivity contribution is 6.03. The first-order chi connectivity index (χ1) is 14.6. The highest BCUT2D eigenvalue weighted by Gasteiger charge is 2.71. The van der Waals surface area contributed by atoms with Gasteiger partial charge in [0.25, 0.3) is 0 Å². The van der Waals surface area contributed by atoms with Gasteiger partial charge in [-0.3, -0.25) is 14.4 Å². The summed E-state index contributed by atoms with van der Waals surface area (Å²) in [5, 5.41) is 10.7. The molecule has 1 aliphatic heterocycles. The molecule has 7 atom stereocenters. The van der Waals surface area contributed by atoms with Crippen LogP contribution in [0.3, 0.4) is 0 Å². The molecule has 1 saturated heterocycles. The molecule has 7 nitrogen and oxygen atoms in total. The van der Waals surface area contributed by atoms with Crippen LogP contribution in [-0.4, -0.2) is 55.4 Å². The minimum Gasteiger partial charge on any atom is -0.465 e. The summed E-state index contributed by atoms with van der Waals surface area (Å²) < 4.78 is 17.5. The Balaban J connectivity index is 1.82. The minimum atomic E-state index is -0.725. The van der Waals surface area contributed by atoms with E-state index >= 15 is 0 Å². The van der Waals surface area contributed by atoms with Crippen molar-refractivity contribution in [1.82, 2.24) is 0 Å². The molecule has 0 aromatic heterocycles. The zero-order valence-electron chi connectivity index (χ0n) is 18.8. The second-order valence-electron chi connectivity index (χ2n) is 10.5. The number of aliphatic hydroxyl groups excluding tert-OH is 1. The second-order valence-corrected chi connectivity index (χ2v) is 10.5. The highest BCUT2D eigenvalue weighted by atomic mass is 16.5. The SMILES string of the molecule is C=C1C(=O)[C@@]23COC[C@]4([C@@H](OC(C)=O)CC[C@@](C)(COC(C)=O)[C@H]4CO)[C@@H]2CC[C@@H]1C3. The smallest absolute Gasteiger partial charge is 0.302 e. The largest absolute Gasteiger partial charge is 0.465 e. The normalized spacial score (nSPS) is 44.1. The molecule has 4 rings (SSSR count). The van der Waals surface area contributed by atoms with E-state index in [0.29, 0.717) is 38.0 Å². The number of Topliss-reactive ketones (excluding diaryl/α,β-unsaturated/α-hetero) is 1. The lowest BCUT2D eigenvalue weighted by Crippen LogP contribution is -2.68. The molecular weight excluding hydrogens is 400 g/mol. The van der Waals surface area contributed by atoms with Crippen molar-refractivity contribution >= 4 is 17.7 Å². The zero-order valence-corrected chi connectivity index (χ0v) is 18.8. The number of rotatable bonds is 4. The maximum Gasteiger partial charge on any atom is 0.302 e. The number of allylic oxidation sites excluding steroid dienone is 1. The van der Waals surface area contributed by atoms with E-state index in [4.69, 9.17) is 14.2 Å². The van der Waals surface area contributed by atoms with Crippen molar-refractivity contribution in [2.45, 2.75) is 59.0 Å². The maximum absolute atomic E-state index is 13.5. The molecule has 1 N–H and O–H groups in total. The molecule has 3 aliphatic carbocycles. The number of ketones is 1. The molecule has 2 bridgehead atoms. The van der Waals surface area contributed by atoms with Crippen LogP contribution in [0.1, 0.15) is 52.9 Å². The summed E-state index contributed by atoms with van der Waals surface area (Å²) in [5.41, 5.74) is -1.24. The summed E-state index contributed by atoms with van der Waals surface area (Å²) in [6.45, 7) is 9.54. The number of esters is 2. The van der Waals surface area contributed by atoms with E-state index < -0.39 is 22.3 Å². The fourth-order valence-electron chi connectivity index (χ4n) is 7.54. The summed E-state index contributed by atoms with van der Waals surface area (Å²) in [5.74, 6) is -0.927. The number of ether oxygens (including phenoxy) is 3. The van der Waals surface area contributed by atoms with E-state index in [2.05, 4.69) is 6.58 Å². The van der Waals surface area contributed by atoms with Gasteiger partial charge in [0.2, 0.25) is 0 Å². The molecule has 4 aliphatic rings. The van der Waals surface area contributed by atoms with Gasteiger partial charge in [-0.15, -0.1) is 0 Å². The first-order valence-electron chi connectivity index (χ1n) is 11.3. The lowest BCUT2D eigenvalue weighted by molar-refractivity contribution is -0.261. The van der Waals surface area contributed by atoms with Gasteiger partial charge in [-0.25, -0.2) is 0 Å². The van der Waals surface area contributed by atoms with Crippen LogP contribution in [0.2, 0.25) is 0 Å². The van der Waals surface area contributed by atoms with Gasteiger partial charge in [0, 0.05) is 37.2 Å². The molecular formula is C24H34O7. The van der Waals surface area contributed by atoms with E-state index in [1.54, 1.807) is 0 Å². The van der Waals surface area contributed by atoms with Crippen molar-refractivity contribution in [3.63, 3.8) is 0 Å². The number of aliphatic hydroxyl groups is 1. The predicted molar refractivity (Wildman–Crippen MR) is 111 cm³/mol. The van der Waals surface area contributed by atoms with Crippen LogP contribution in [0.4, 0.5) is 0 Å². The van der Waals surface area contributed by atoms with Crippen LogP contribution < -0.4 is 0 Å². The Hall–Kier alpha value is -1.73. The Morgan fingerprint density at radius 3 is 2.58 bits per heavy atom. The Labute approximate surface area is 183 Å². The van der Waals surface area contributed by atoms with E-state index in [9.17, 15) is 19.5 Å². The maximum atomic E-state index is 13.5. The lowest BCUT2D eigenvalue weighted by Gasteiger charge is -2.64. The van der Waals surface area contributed by atoms with Gasteiger partial charge in [-0.1, -0.05) is 13.5 Å². The zero-order chi connectivity index (χ0) is 22.6. The van der Waals surface area contributed by atoms with Crippen LogP contribution in [0, 0.1) is 34.0 Å². The van der Waals surface area contributed by atoms with Gasteiger partial charge in [0.1, 0.15) is 6.10 Å². The van der Waals surface area contributed by atoms with Crippen LogP contribution in [-0.2, 0) is 28.6 Å². The summed E-state index contributed by atoms with van der Waals surface area (Å²) in [6.07, 6.45) is 3.12. The third-order valence-corrected chi connectivity index (χ3v) is 8.84. The Morgan fingerprint density at radius 1 is 1.19 bits per heavy atom. The lowest BCUT2D eigenvalue weighted by atomic mass is 9.44. The number of hydrogen-bond acceptors (Lipinski definition) is 7. The van der Waals surface area contributed by atoms with E-state index in [0.717, 1.165) is 12.8 Å². The van der Waals surface area contributed by atoms with Gasteiger partial charge in [0.15, 0.2) is 5.78 Å². The van der Waals surface area contributed by atoms with E-state index in [-0.39, 0.29) is 48.7 Å². The minimum absolute atomic E-state index is 0.0737. The molecule has 31 heavy (non-hydrogen) atoms. The summed E-state index contributed by atoms with van der Waals surface area (Å²) in [7, 11) is 0. The average molecular weight is 435 g/mol. The molecule has 0 unspecified atom stereocenters. The number of fused-ring (bicyclic) bond motifs is 2. The standard InChI is InChI=1S/C24H34O7/c1-14-17-5-6-18-23(9-17,21(14)28)12-29-13-24(18)19(10-25)22(4,11-30-15(2)26)8-7-20(24)31-16(3)27/h17-20,25H,1,5-13H2,2-4H3/t17-,18-,19-,20+,22+,23+,24+/m1/s1. The van der Waals surface area contributed by atoms with Crippen molar-refractivity contribution < 1.29 is 33.7 Å². The van der Waals surface area contributed by atoms with Crippen molar-refractivity contribution in [2.24, 2.45) is 34.0 Å². The molecule has 3 saturated carbocycles. The summed E-state index contributed by atoms with van der Waals surface area (Å²) in [4.78, 5) is 37.1. The quantitative estimate of drug-likeness (QED) is 0.536. The second kappa shape index (κ2) is 7.69. The molecule has 0 radical (unpaired) electrons. The summed E-state index contributed by atoms with van der Waals surface area (Å²) >= 11 is 0. The molecule has 0 amide bonds. The van der Waals surface area contributed by atoms with Gasteiger partial charge < -0.3 is 19.3 Å². The van der Waals surface area contributed by atoms with Gasteiger partial charge in [-0.2, -0.15) is 0 Å². The van der Waals surface area contributed by atoms with Crippen LogP contribution in [0.25, 0.3) is 0 Å². The number of carbonyl (C=O) groups is 3. The van der Waals surface area contributed by atoms with Gasteiger partial charge in [-0.05, 0) is 49.5 Å². The van der Waals surface area contributed by atoms with Crippen molar-refractivity contribution in [1.29, 1.82) is 0 Å². The van der Waals surface area contributed by atoms with Crippen LogP contribution >= 0.6 is 0 Å². The third kappa shape index (κ3) is 3.18. The van der Waals surface area contributed by atoms with Gasteiger partial charge in [0.05, 0.1) is 25.2 Å². The first-order valence-corrected chi connectivity index (χ1v) is 11.3. The Morgan fingerprint density at radius 2 is 1.94 bits per heavy atom. The predicted octanol–water partition coefficient (Wildman–Crippen LogP) is 2.45. The number of hydrogen-bond donors (Lipinski definition) is 1. The summed E-state index contributed by atoms with van der Waals surface area (Å²) in [6, 6.07) is 0. The fourth-order valence-corrected chi connectivity index (χ4v) is 7.54. The average Bonchev–Trinajstić information content (AvgIpc) is 2.89. The topological polar surface area (TPSA) is 99.1 Å². The van der Waals surface area contributed by atoms with Gasteiger partial charge >= 0.3 is 11.9 Å². The first kappa shape index (κ1) is 22.5. The molecule has 4 fully saturated rings. The Kier molecular flexibility index (Phi) is 5.58. The molecule has 1 heterocycles. The van der Waals surface area contributed by atoms with E-state index in [1.165, 1.54) is 13.8 Å². The molecule has 0 aromatic carbocycles. The fraction of sp³-hybridized carbons (Fsp3) is 0.792. The monoisotopic (exact) mass is 434 g/mol. The molecule has 0 aromatic rings. The van der Waals surface area contributed by atoms with Crippen molar-refractivity contribution in [3.8, 4) is 0 Å². The molecule has 2 spiro atoms. The third-order valence-electron chi connectivity index (χ3n) is 8.84. The molecule has 172 valence electrons. The van der Waals surface area contributed by atoms with Crippen LogP contribution in [0.5, 0.6) is 0 Å². The van der Waals surface area contributed by atoms with Crippen molar-refractivity contribution in [3.05, 3.63) is 12.2 Å². The van der Waals surface area contributed by atoms with Crippen LogP contribution in [0.15, 0.2) is 12.2 Å². The van der Waals surface area contributed by atoms with E-state index in [1.807, 2.05) is 6.92 Å². The number of carbonyl (C=O) groups excluding carboxylic acids is 3. The molecule has 7 heteroatoms. The highest BCUT2D eigenvalue weighted by Crippen LogP contribution is 2.68.